The Balaban J connectivity index is 1.20. The Morgan fingerprint density at radius 3 is 1.43 bits per heavy atom. The van der Waals surface area contributed by atoms with E-state index in [-0.39, 0.29) is 0 Å². The Morgan fingerprint density at radius 2 is 0.811 bits per heavy atom. The first kappa shape index (κ1) is 31.8. The van der Waals surface area contributed by atoms with Crippen LogP contribution >= 0.6 is 0 Å². The summed E-state index contributed by atoms with van der Waals surface area (Å²) in [4.78, 5) is 24.8. The molecule has 0 saturated heterocycles. The number of aromatic nitrogens is 5. The maximum Gasteiger partial charge on any atom is 0.164 e. The van der Waals surface area contributed by atoms with Gasteiger partial charge in [-0.25, -0.2) is 19.9 Å². The molecule has 0 radical (unpaired) electrons. The monoisotopic (exact) mass is 679 g/mol. The second kappa shape index (κ2) is 13.9. The Labute approximate surface area is 308 Å². The van der Waals surface area contributed by atoms with Crippen LogP contribution < -0.4 is 0 Å². The fourth-order valence-corrected chi connectivity index (χ4v) is 6.77. The van der Waals surface area contributed by atoms with E-state index in [1.165, 1.54) is 5.56 Å². The molecule has 0 aliphatic carbocycles. The molecule has 9 rings (SSSR count). The third-order valence-corrected chi connectivity index (χ3v) is 9.42. The summed E-state index contributed by atoms with van der Waals surface area (Å²) < 4.78 is 0. The molecule has 0 fully saturated rings. The van der Waals surface area contributed by atoms with Crippen LogP contribution in [-0.2, 0) is 0 Å². The minimum absolute atomic E-state index is 0.600. The minimum Gasteiger partial charge on any atom is -0.263 e. The maximum atomic E-state index is 5.08. The van der Waals surface area contributed by atoms with Gasteiger partial charge in [0.05, 0.1) is 11.4 Å². The number of pyridine rings is 2. The normalized spacial score (nSPS) is 11.1. The van der Waals surface area contributed by atoms with E-state index in [1.54, 1.807) is 0 Å². The summed E-state index contributed by atoms with van der Waals surface area (Å²) in [6, 6.07) is 58.3. The van der Waals surface area contributed by atoms with E-state index in [0.717, 1.165) is 72.2 Å². The first-order valence-corrected chi connectivity index (χ1v) is 17.7. The third-order valence-electron chi connectivity index (χ3n) is 9.42. The van der Waals surface area contributed by atoms with Gasteiger partial charge in [-0.3, -0.25) is 4.98 Å². The highest BCUT2D eigenvalue weighted by Gasteiger charge is 2.16. The molecular formula is C48H33N5. The second-order valence-corrected chi connectivity index (χ2v) is 13.1. The highest BCUT2D eigenvalue weighted by molar-refractivity contribution is 5.97. The molecule has 6 aromatic carbocycles. The molecule has 0 amide bonds. The number of aryl methyl sites for hydroxylation is 1. The Morgan fingerprint density at radius 1 is 0.340 bits per heavy atom. The quantitative estimate of drug-likeness (QED) is 0.168. The first-order valence-electron chi connectivity index (χ1n) is 17.7. The molecule has 0 aliphatic rings. The summed E-state index contributed by atoms with van der Waals surface area (Å²) in [7, 11) is 0. The number of nitrogens with zero attached hydrogens (tertiary/aromatic N) is 5. The molecule has 0 bridgehead atoms. The average molecular weight is 680 g/mol. The molecule has 0 atom stereocenters. The summed E-state index contributed by atoms with van der Waals surface area (Å²) in [6.07, 6.45) is 3.86. The predicted molar refractivity (Wildman–Crippen MR) is 216 cm³/mol. The zero-order valence-corrected chi connectivity index (χ0v) is 29.1. The van der Waals surface area contributed by atoms with Crippen molar-refractivity contribution in [2.45, 2.75) is 6.92 Å². The molecule has 0 unspecified atom stereocenters. The SMILES string of the molecule is Cc1cc(-c2ccccc2)nc(-c2ccc(-c3cc(-c4nc(-c5ccccc5)nc(-c5ccccc5)n4)cc(-c4cncc5ccccc45)c3)cc2)c1. The number of rotatable bonds is 7. The van der Waals surface area contributed by atoms with Crippen LogP contribution in [0.4, 0.5) is 0 Å². The number of benzene rings is 6. The summed E-state index contributed by atoms with van der Waals surface area (Å²) in [5.41, 5.74) is 12.2. The predicted octanol–water partition coefficient (Wildman–Crippen LogP) is 11.8. The third kappa shape index (κ3) is 6.60. The van der Waals surface area contributed by atoms with Crippen LogP contribution in [0.3, 0.4) is 0 Å². The molecule has 5 nitrogen and oxygen atoms in total. The molecule has 3 heterocycles. The van der Waals surface area contributed by atoms with Crippen molar-refractivity contribution < 1.29 is 0 Å². The maximum absolute atomic E-state index is 5.08. The van der Waals surface area contributed by atoms with Gasteiger partial charge in [-0.2, -0.15) is 0 Å². The van der Waals surface area contributed by atoms with Crippen LogP contribution in [0, 0.1) is 6.92 Å². The van der Waals surface area contributed by atoms with Gasteiger partial charge in [-0.15, -0.1) is 0 Å². The standard InChI is InChI=1S/C48H33N5/c1-32-25-44(34-13-5-2-6-14-34)50-45(26-32)35-23-21-33(22-24-35)39-27-40(43-31-49-30-38-19-11-12-20-42(38)43)29-41(28-39)48-52-46(36-15-7-3-8-16-36)51-47(53-48)37-17-9-4-10-18-37/h2-31H,1H3. The van der Waals surface area contributed by atoms with E-state index >= 15 is 0 Å². The van der Waals surface area contributed by atoms with Crippen LogP contribution in [0.15, 0.2) is 182 Å². The molecule has 0 aliphatic heterocycles. The van der Waals surface area contributed by atoms with Crippen LogP contribution in [0.25, 0.3) is 89.7 Å². The molecule has 3 aromatic heterocycles. The van der Waals surface area contributed by atoms with Gasteiger partial charge < -0.3 is 0 Å². The van der Waals surface area contributed by atoms with E-state index in [2.05, 4.69) is 96.8 Å². The van der Waals surface area contributed by atoms with Crippen molar-refractivity contribution in [1.82, 2.24) is 24.9 Å². The van der Waals surface area contributed by atoms with Gasteiger partial charge in [0.25, 0.3) is 0 Å². The zero-order chi connectivity index (χ0) is 35.6. The van der Waals surface area contributed by atoms with Gasteiger partial charge in [-0.05, 0) is 64.9 Å². The van der Waals surface area contributed by atoms with Gasteiger partial charge in [0.1, 0.15) is 0 Å². The molecule has 9 aromatic rings. The summed E-state index contributed by atoms with van der Waals surface area (Å²) in [5, 5.41) is 2.21. The summed E-state index contributed by atoms with van der Waals surface area (Å²) in [6.45, 7) is 2.12. The molecule has 0 N–H and O–H groups in total. The average Bonchev–Trinajstić information content (AvgIpc) is 3.24. The number of hydrogen-bond acceptors (Lipinski definition) is 5. The number of hydrogen-bond donors (Lipinski definition) is 0. The molecule has 0 saturated carbocycles. The lowest BCUT2D eigenvalue weighted by molar-refractivity contribution is 1.07. The van der Waals surface area contributed by atoms with Crippen molar-refractivity contribution in [2.24, 2.45) is 0 Å². The van der Waals surface area contributed by atoms with E-state index < -0.39 is 0 Å². The Kier molecular flexibility index (Phi) is 8.35. The first-order chi connectivity index (χ1) is 26.1. The Bertz CT molecular complexity index is 2650. The van der Waals surface area contributed by atoms with Crippen LogP contribution in [0.1, 0.15) is 5.56 Å². The van der Waals surface area contributed by atoms with Crippen LogP contribution in [0.5, 0.6) is 0 Å². The van der Waals surface area contributed by atoms with Crippen LogP contribution in [0.2, 0.25) is 0 Å². The molecular weight excluding hydrogens is 647 g/mol. The van der Waals surface area contributed by atoms with Crippen molar-refractivity contribution in [3.8, 4) is 78.9 Å². The zero-order valence-electron chi connectivity index (χ0n) is 29.1. The number of fused-ring (bicyclic) bond motifs is 1. The summed E-state index contributed by atoms with van der Waals surface area (Å²) >= 11 is 0. The van der Waals surface area contributed by atoms with Gasteiger partial charge in [-0.1, -0.05) is 140 Å². The largest absolute Gasteiger partial charge is 0.263 e. The second-order valence-electron chi connectivity index (χ2n) is 13.1. The van der Waals surface area contributed by atoms with Crippen LogP contribution in [-0.4, -0.2) is 24.9 Å². The lowest BCUT2D eigenvalue weighted by Crippen LogP contribution is -2.00. The van der Waals surface area contributed by atoms with Gasteiger partial charge in [0, 0.05) is 51.2 Å². The molecule has 53 heavy (non-hydrogen) atoms. The van der Waals surface area contributed by atoms with E-state index in [0.29, 0.717) is 17.5 Å². The van der Waals surface area contributed by atoms with Gasteiger partial charge >= 0.3 is 0 Å². The lowest BCUT2D eigenvalue weighted by Gasteiger charge is -2.14. The summed E-state index contributed by atoms with van der Waals surface area (Å²) in [5.74, 6) is 1.85. The van der Waals surface area contributed by atoms with Crippen molar-refractivity contribution in [1.29, 1.82) is 0 Å². The highest BCUT2D eigenvalue weighted by atomic mass is 15.0. The van der Waals surface area contributed by atoms with E-state index in [4.69, 9.17) is 19.9 Å². The Hall–Kier alpha value is -7.11. The fourth-order valence-electron chi connectivity index (χ4n) is 6.77. The topological polar surface area (TPSA) is 64.5 Å². The van der Waals surface area contributed by atoms with Gasteiger partial charge in [0.15, 0.2) is 17.5 Å². The van der Waals surface area contributed by atoms with Crippen molar-refractivity contribution >= 4 is 10.8 Å². The van der Waals surface area contributed by atoms with Crippen molar-refractivity contribution in [3.63, 3.8) is 0 Å². The van der Waals surface area contributed by atoms with E-state index in [9.17, 15) is 0 Å². The van der Waals surface area contributed by atoms with E-state index in [1.807, 2.05) is 97.3 Å². The minimum atomic E-state index is 0.600. The van der Waals surface area contributed by atoms with Gasteiger partial charge in [0.2, 0.25) is 0 Å². The molecule has 5 heteroatoms. The molecule has 250 valence electrons. The highest BCUT2D eigenvalue weighted by Crippen LogP contribution is 2.36. The van der Waals surface area contributed by atoms with Crippen molar-refractivity contribution in [2.75, 3.05) is 0 Å². The smallest absolute Gasteiger partial charge is 0.164 e. The lowest BCUT2D eigenvalue weighted by atomic mass is 9.93. The molecule has 0 spiro atoms. The van der Waals surface area contributed by atoms with Crippen molar-refractivity contribution in [3.05, 3.63) is 188 Å². The fraction of sp³-hybridized carbons (Fsp3) is 0.0208.